The molecule has 1 fully saturated rings. The number of carbonyl (C=O) groups excluding carboxylic acids is 1. The number of halogens is 1. The highest BCUT2D eigenvalue weighted by Crippen LogP contribution is 2.42. The van der Waals surface area contributed by atoms with Crippen LogP contribution in [0.5, 0.6) is 11.5 Å². The summed E-state index contributed by atoms with van der Waals surface area (Å²) in [7, 11) is 1.44. The summed E-state index contributed by atoms with van der Waals surface area (Å²) in [5, 5.41) is 12.6. The lowest BCUT2D eigenvalue weighted by Gasteiger charge is -2.08. The van der Waals surface area contributed by atoms with Gasteiger partial charge < -0.3 is 15.2 Å². The van der Waals surface area contributed by atoms with Gasteiger partial charge in [0, 0.05) is 17.5 Å². The van der Waals surface area contributed by atoms with Gasteiger partial charge in [-0.2, -0.15) is 0 Å². The molecule has 4 nitrogen and oxygen atoms in total. The number of methoxy groups -OCH3 is 1. The molecule has 0 radical (unpaired) electrons. The van der Waals surface area contributed by atoms with Crippen molar-refractivity contribution in [2.24, 2.45) is 0 Å². The van der Waals surface area contributed by atoms with Gasteiger partial charge in [-0.15, -0.1) is 0 Å². The summed E-state index contributed by atoms with van der Waals surface area (Å²) >= 11 is 0. The third kappa shape index (κ3) is 2.74. The van der Waals surface area contributed by atoms with E-state index in [-0.39, 0.29) is 29.4 Å². The summed E-state index contributed by atoms with van der Waals surface area (Å²) in [5.74, 6) is -0.297. The number of carbonyl (C=O) groups is 1. The number of amides is 1. The van der Waals surface area contributed by atoms with Gasteiger partial charge in [0.2, 0.25) is 0 Å². The van der Waals surface area contributed by atoms with Crippen LogP contribution in [0.25, 0.3) is 0 Å². The zero-order chi connectivity index (χ0) is 15.7. The number of ether oxygens (including phenoxy) is 1. The van der Waals surface area contributed by atoms with E-state index >= 15 is 0 Å². The number of phenolic OH excluding ortho intramolecular Hbond substituents is 1. The van der Waals surface area contributed by atoms with Crippen LogP contribution in [0.4, 0.5) is 4.39 Å². The average Bonchev–Trinajstić information content (AvgIpc) is 3.26. The quantitative estimate of drug-likeness (QED) is 0.913. The first-order valence-corrected chi connectivity index (χ1v) is 7.02. The minimum absolute atomic E-state index is 0.0111. The predicted molar refractivity (Wildman–Crippen MR) is 79.7 cm³/mol. The fraction of sp³-hybridized carbons (Fsp3) is 0.235. The Labute approximate surface area is 127 Å². The van der Waals surface area contributed by atoms with E-state index in [4.69, 9.17) is 4.74 Å². The van der Waals surface area contributed by atoms with Gasteiger partial charge in [-0.05, 0) is 36.2 Å². The molecule has 1 amide bonds. The largest absolute Gasteiger partial charge is 0.504 e. The van der Waals surface area contributed by atoms with Crippen LogP contribution in [0.1, 0.15) is 28.3 Å². The van der Waals surface area contributed by atoms with Gasteiger partial charge in [0.1, 0.15) is 5.82 Å². The summed E-state index contributed by atoms with van der Waals surface area (Å²) in [4.78, 5) is 12.2. The topological polar surface area (TPSA) is 58.6 Å². The highest BCUT2D eigenvalue weighted by Gasteiger charge is 2.41. The van der Waals surface area contributed by atoms with E-state index in [1.807, 2.05) is 0 Å². The van der Waals surface area contributed by atoms with Crippen molar-refractivity contribution in [3.63, 3.8) is 0 Å². The predicted octanol–water partition coefficient (Wildman–Crippen LogP) is 2.83. The Morgan fingerprint density at radius 2 is 2.09 bits per heavy atom. The van der Waals surface area contributed by atoms with Gasteiger partial charge in [0.05, 0.1) is 7.11 Å². The van der Waals surface area contributed by atoms with E-state index in [0.717, 1.165) is 6.42 Å². The van der Waals surface area contributed by atoms with Crippen LogP contribution >= 0.6 is 0 Å². The standard InChI is InChI=1S/C17H16FNO3/c1-22-16-7-6-10(8-15(16)20)17(21)19-14-9-12(14)11-4-2-3-5-13(11)18/h2-8,12,14,20H,9H2,1H3,(H,19,21)/t12-,14+/m0/s1. The minimum atomic E-state index is -0.290. The third-order valence-corrected chi connectivity index (χ3v) is 3.85. The van der Waals surface area contributed by atoms with Crippen molar-refractivity contribution in [2.45, 2.75) is 18.4 Å². The molecule has 0 aromatic heterocycles. The van der Waals surface area contributed by atoms with Crippen LogP contribution in [-0.4, -0.2) is 24.2 Å². The van der Waals surface area contributed by atoms with Gasteiger partial charge in [-0.3, -0.25) is 4.79 Å². The summed E-state index contributed by atoms with van der Waals surface area (Å²) in [6.07, 6.45) is 0.717. The van der Waals surface area contributed by atoms with Crippen molar-refractivity contribution in [1.29, 1.82) is 0 Å². The van der Waals surface area contributed by atoms with Gasteiger partial charge in [-0.25, -0.2) is 4.39 Å². The van der Waals surface area contributed by atoms with Crippen molar-refractivity contribution >= 4 is 5.91 Å². The normalized spacial score (nSPS) is 19.5. The Hall–Kier alpha value is -2.56. The number of hydrogen-bond donors (Lipinski definition) is 2. The maximum atomic E-state index is 13.7. The Balaban J connectivity index is 1.67. The zero-order valence-corrected chi connectivity index (χ0v) is 12.0. The highest BCUT2D eigenvalue weighted by atomic mass is 19.1. The molecule has 0 saturated heterocycles. The molecule has 2 N–H and O–H groups in total. The lowest BCUT2D eigenvalue weighted by Crippen LogP contribution is -2.26. The lowest BCUT2D eigenvalue weighted by molar-refractivity contribution is 0.0949. The molecule has 1 saturated carbocycles. The lowest BCUT2D eigenvalue weighted by atomic mass is 10.1. The molecule has 0 aliphatic heterocycles. The molecular weight excluding hydrogens is 285 g/mol. The second-order valence-electron chi connectivity index (χ2n) is 5.33. The Morgan fingerprint density at radius 3 is 2.77 bits per heavy atom. The van der Waals surface area contributed by atoms with Crippen LogP contribution in [0.15, 0.2) is 42.5 Å². The maximum absolute atomic E-state index is 13.7. The van der Waals surface area contributed by atoms with Crippen molar-refractivity contribution < 1.29 is 19.0 Å². The Bertz CT molecular complexity index is 717. The number of rotatable bonds is 4. The Kier molecular flexibility index (Phi) is 3.71. The number of benzene rings is 2. The van der Waals surface area contributed by atoms with Crippen molar-refractivity contribution in [2.75, 3.05) is 7.11 Å². The van der Waals surface area contributed by atoms with Crippen LogP contribution in [0, 0.1) is 5.82 Å². The first kappa shape index (κ1) is 14.4. The second-order valence-corrected chi connectivity index (χ2v) is 5.33. The number of nitrogens with one attached hydrogen (secondary N) is 1. The number of phenols is 1. The molecule has 2 aromatic rings. The van der Waals surface area contributed by atoms with E-state index < -0.39 is 0 Å². The van der Waals surface area contributed by atoms with Crippen LogP contribution < -0.4 is 10.1 Å². The van der Waals surface area contributed by atoms with E-state index in [2.05, 4.69) is 5.32 Å². The van der Waals surface area contributed by atoms with E-state index in [1.165, 1.54) is 25.3 Å². The molecule has 2 aromatic carbocycles. The first-order chi connectivity index (χ1) is 10.6. The molecule has 1 aliphatic carbocycles. The van der Waals surface area contributed by atoms with Crippen LogP contribution in [0.2, 0.25) is 0 Å². The van der Waals surface area contributed by atoms with Gasteiger partial charge in [0.15, 0.2) is 11.5 Å². The summed E-state index contributed by atoms with van der Waals surface area (Å²) in [6.45, 7) is 0. The number of hydrogen-bond acceptors (Lipinski definition) is 3. The summed E-state index contributed by atoms with van der Waals surface area (Å²) in [6, 6.07) is 11.0. The summed E-state index contributed by atoms with van der Waals surface area (Å²) < 4.78 is 18.6. The molecule has 22 heavy (non-hydrogen) atoms. The van der Waals surface area contributed by atoms with Gasteiger partial charge >= 0.3 is 0 Å². The van der Waals surface area contributed by atoms with Crippen molar-refractivity contribution in [3.05, 3.63) is 59.4 Å². The molecule has 0 heterocycles. The smallest absolute Gasteiger partial charge is 0.251 e. The van der Waals surface area contributed by atoms with E-state index in [1.54, 1.807) is 24.3 Å². The van der Waals surface area contributed by atoms with Crippen molar-refractivity contribution in [3.8, 4) is 11.5 Å². The molecule has 0 unspecified atom stereocenters. The van der Waals surface area contributed by atoms with Crippen LogP contribution in [-0.2, 0) is 0 Å². The van der Waals surface area contributed by atoms with Gasteiger partial charge in [-0.1, -0.05) is 18.2 Å². The summed E-state index contributed by atoms with van der Waals surface area (Å²) in [5.41, 5.74) is 0.975. The van der Waals surface area contributed by atoms with Crippen LogP contribution in [0.3, 0.4) is 0 Å². The van der Waals surface area contributed by atoms with Crippen molar-refractivity contribution in [1.82, 2.24) is 5.32 Å². The fourth-order valence-electron chi connectivity index (χ4n) is 2.56. The van der Waals surface area contributed by atoms with Gasteiger partial charge in [0.25, 0.3) is 5.91 Å². The van der Waals surface area contributed by atoms with E-state index in [9.17, 15) is 14.3 Å². The molecule has 114 valence electrons. The molecule has 0 spiro atoms. The first-order valence-electron chi connectivity index (χ1n) is 7.02. The second kappa shape index (κ2) is 5.67. The number of aromatic hydroxyl groups is 1. The maximum Gasteiger partial charge on any atom is 0.251 e. The Morgan fingerprint density at radius 1 is 1.32 bits per heavy atom. The molecule has 2 atom stereocenters. The molecule has 0 bridgehead atoms. The molecular formula is C17H16FNO3. The third-order valence-electron chi connectivity index (χ3n) is 3.85. The fourth-order valence-corrected chi connectivity index (χ4v) is 2.56. The zero-order valence-electron chi connectivity index (χ0n) is 12.0. The SMILES string of the molecule is COc1ccc(C(=O)N[C@@H]2C[C@H]2c2ccccc2F)cc1O. The molecule has 5 heteroatoms. The average molecular weight is 301 g/mol. The molecule has 1 aliphatic rings. The molecule has 3 rings (SSSR count). The highest BCUT2D eigenvalue weighted by molar-refractivity contribution is 5.95. The van der Waals surface area contributed by atoms with E-state index in [0.29, 0.717) is 16.9 Å². The minimum Gasteiger partial charge on any atom is -0.504 e. The monoisotopic (exact) mass is 301 g/mol.